The number of nitriles is 1. The molecule has 7 nitrogen and oxygen atoms in total. The molecule has 11 heteroatoms. The van der Waals surface area contributed by atoms with Crippen molar-refractivity contribution in [2.24, 2.45) is 4.99 Å². The monoisotopic (exact) mass is 483 g/mol. The van der Waals surface area contributed by atoms with Crippen molar-refractivity contribution in [3.8, 4) is 11.8 Å². The minimum absolute atomic E-state index is 0.0664. The maximum Gasteiger partial charge on any atom is 0.416 e. The molecule has 0 fully saturated rings. The molecule has 0 atom stereocenters. The summed E-state index contributed by atoms with van der Waals surface area (Å²) in [5.74, 6) is -0.951. The van der Waals surface area contributed by atoms with Crippen LogP contribution >= 0.6 is 11.3 Å². The Morgan fingerprint density at radius 1 is 1.24 bits per heavy atom. The average molecular weight is 484 g/mol. The van der Waals surface area contributed by atoms with E-state index in [-0.39, 0.29) is 21.5 Å². The molecule has 0 aliphatic carbocycles. The average Bonchev–Trinajstić information content (AvgIpc) is 3.08. The summed E-state index contributed by atoms with van der Waals surface area (Å²) in [6, 6.07) is 4.73. The van der Waals surface area contributed by atoms with Gasteiger partial charge in [0, 0.05) is 23.9 Å². The van der Waals surface area contributed by atoms with Crippen molar-refractivity contribution in [1.82, 2.24) is 15.3 Å². The van der Waals surface area contributed by atoms with Crippen molar-refractivity contribution in [3.63, 3.8) is 0 Å². The molecule has 1 amide bonds. The zero-order valence-corrected chi connectivity index (χ0v) is 20.3. The maximum atomic E-state index is 13.3. The number of carbonyl (C=O) groups excluding carboxylic acids is 1. The number of nitrogens with one attached hydrogen (secondary N) is 1. The number of hydrogen-bond donors (Lipinski definition) is 1. The SMILES string of the molecule is CC(C)(C)NOc1ccc(C(F)(F)F)cc1C(=O)N=c1sc(C(C)(C)C)nn1CCCC#N. The Labute approximate surface area is 194 Å². The van der Waals surface area contributed by atoms with Crippen LogP contribution in [0.15, 0.2) is 23.2 Å². The molecule has 2 rings (SSSR count). The predicted octanol–water partition coefficient (Wildman–Crippen LogP) is 4.99. The number of alkyl halides is 3. The van der Waals surface area contributed by atoms with E-state index in [2.05, 4.69) is 15.6 Å². The first-order valence-corrected chi connectivity index (χ1v) is 11.1. The Hall–Kier alpha value is -2.71. The topological polar surface area (TPSA) is 92.3 Å². The number of hydrogen-bond acceptors (Lipinski definition) is 6. The Balaban J connectivity index is 2.56. The van der Waals surface area contributed by atoms with Crippen LogP contribution in [-0.2, 0) is 18.1 Å². The molecule has 0 saturated heterocycles. The summed E-state index contributed by atoms with van der Waals surface area (Å²) in [5.41, 5.74) is 0.570. The van der Waals surface area contributed by atoms with Crippen molar-refractivity contribution in [2.45, 2.75) is 78.1 Å². The lowest BCUT2D eigenvalue weighted by Crippen LogP contribution is -2.38. The molecule has 33 heavy (non-hydrogen) atoms. The van der Waals surface area contributed by atoms with Gasteiger partial charge in [-0.15, -0.1) is 0 Å². The highest BCUT2D eigenvalue weighted by Crippen LogP contribution is 2.33. The van der Waals surface area contributed by atoms with Crippen LogP contribution in [0.5, 0.6) is 5.75 Å². The molecule has 1 aromatic carbocycles. The summed E-state index contributed by atoms with van der Waals surface area (Å²) in [6.07, 6.45) is -3.84. The smallest absolute Gasteiger partial charge is 0.407 e. The Kier molecular flexibility index (Phi) is 8.09. The normalized spacial score (nSPS) is 13.2. The summed E-state index contributed by atoms with van der Waals surface area (Å²) in [4.78, 5) is 22.8. The Morgan fingerprint density at radius 3 is 2.45 bits per heavy atom. The second-order valence-electron chi connectivity index (χ2n) is 9.50. The fourth-order valence-corrected chi connectivity index (χ4v) is 3.45. The minimum Gasteiger partial charge on any atom is -0.407 e. The quantitative estimate of drug-likeness (QED) is 0.462. The number of rotatable bonds is 6. The lowest BCUT2D eigenvalue weighted by molar-refractivity contribution is -0.137. The number of benzene rings is 1. The first kappa shape index (κ1) is 26.5. The highest BCUT2D eigenvalue weighted by molar-refractivity contribution is 7.09. The first-order valence-electron chi connectivity index (χ1n) is 10.3. The standard InChI is InChI=1S/C22H28F3N5O2S/c1-20(2,3)18-28-30(12-8-7-11-26)19(33-18)27-17(31)15-13-14(22(23,24)25)9-10-16(15)32-29-21(4,5)6/h9-10,13,29H,7-8,12H2,1-6H3. The van der Waals surface area contributed by atoms with Gasteiger partial charge in [-0.25, -0.2) is 4.68 Å². The van der Waals surface area contributed by atoms with Gasteiger partial charge in [0.25, 0.3) is 5.91 Å². The van der Waals surface area contributed by atoms with E-state index in [1.54, 1.807) is 20.8 Å². The van der Waals surface area contributed by atoms with E-state index in [9.17, 15) is 18.0 Å². The van der Waals surface area contributed by atoms with Gasteiger partial charge in [-0.2, -0.15) is 34.0 Å². The Morgan fingerprint density at radius 2 is 1.91 bits per heavy atom. The lowest BCUT2D eigenvalue weighted by atomic mass is 9.98. The van der Waals surface area contributed by atoms with E-state index < -0.39 is 23.2 Å². The van der Waals surface area contributed by atoms with Crippen molar-refractivity contribution in [3.05, 3.63) is 39.1 Å². The second-order valence-corrected chi connectivity index (χ2v) is 10.5. The summed E-state index contributed by atoms with van der Waals surface area (Å²) in [7, 11) is 0. The molecule has 1 heterocycles. The summed E-state index contributed by atoms with van der Waals surface area (Å²) in [6.45, 7) is 11.6. The van der Waals surface area contributed by atoms with Crippen LogP contribution in [0.25, 0.3) is 0 Å². The zero-order valence-electron chi connectivity index (χ0n) is 19.5. The van der Waals surface area contributed by atoms with Gasteiger partial charge in [-0.05, 0) is 45.4 Å². The number of amides is 1. The third-order valence-electron chi connectivity index (χ3n) is 4.12. The van der Waals surface area contributed by atoms with Gasteiger partial charge in [0.1, 0.15) is 5.01 Å². The number of aryl methyl sites for hydroxylation is 1. The molecule has 0 saturated carbocycles. The molecular weight excluding hydrogens is 455 g/mol. The van der Waals surface area contributed by atoms with Gasteiger partial charge in [-0.1, -0.05) is 32.1 Å². The summed E-state index contributed by atoms with van der Waals surface area (Å²) in [5, 5.41) is 14.0. The fourth-order valence-electron chi connectivity index (χ4n) is 2.47. The van der Waals surface area contributed by atoms with Crippen LogP contribution in [0.1, 0.15) is 75.3 Å². The van der Waals surface area contributed by atoms with Crippen LogP contribution in [0.2, 0.25) is 0 Å². The molecule has 0 aliphatic heterocycles. The highest BCUT2D eigenvalue weighted by Gasteiger charge is 2.32. The minimum atomic E-state index is -4.63. The van der Waals surface area contributed by atoms with Crippen LogP contribution in [0.3, 0.4) is 0 Å². The van der Waals surface area contributed by atoms with Gasteiger partial charge < -0.3 is 4.84 Å². The van der Waals surface area contributed by atoms with E-state index in [0.29, 0.717) is 24.4 Å². The molecule has 0 radical (unpaired) electrons. The summed E-state index contributed by atoms with van der Waals surface area (Å²) < 4.78 is 41.4. The molecule has 180 valence electrons. The highest BCUT2D eigenvalue weighted by atomic mass is 32.1. The van der Waals surface area contributed by atoms with Gasteiger partial charge in [0.05, 0.1) is 17.2 Å². The number of nitrogens with zero attached hydrogens (tertiary/aromatic N) is 4. The third kappa shape index (κ3) is 7.68. The van der Waals surface area contributed by atoms with Crippen molar-refractivity contribution in [1.29, 1.82) is 5.26 Å². The lowest BCUT2D eigenvalue weighted by Gasteiger charge is -2.21. The van der Waals surface area contributed by atoms with Gasteiger partial charge in [-0.3, -0.25) is 4.79 Å². The van der Waals surface area contributed by atoms with Crippen LogP contribution in [-0.4, -0.2) is 21.2 Å². The summed E-state index contributed by atoms with van der Waals surface area (Å²) >= 11 is 1.18. The molecule has 0 aliphatic rings. The number of aromatic nitrogens is 2. The molecule has 0 unspecified atom stereocenters. The van der Waals surface area contributed by atoms with Gasteiger partial charge >= 0.3 is 6.18 Å². The van der Waals surface area contributed by atoms with E-state index in [4.69, 9.17) is 10.1 Å². The van der Waals surface area contributed by atoms with Crippen LogP contribution in [0, 0.1) is 11.3 Å². The molecule has 0 spiro atoms. The zero-order chi connectivity index (χ0) is 25.0. The van der Waals surface area contributed by atoms with E-state index in [1.807, 2.05) is 26.8 Å². The predicted molar refractivity (Wildman–Crippen MR) is 119 cm³/mol. The van der Waals surface area contributed by atoms with Crippen molar-refractivity contribution >= 4 is 17.2 Å². The van der Waals surface area contributed by atoms with E-state index in [0.717, 1.165) is 18.2 Å². The Bertz CT molecular complexity index is 1100. The van der Waals surface area contributed by atoms with E-state index >= 15 is 0 Å². The van der Waals surface area contributed by atoms with E-state index in [1.165, 1.54) is 16.0 Å². The number of unbranched alkanes of at least 4 members (excludes halogenated alkanes) is 1. The first-order chi connectivity index (χ1) is 15.1. The molecule has 2 aromatic rings. The maximum absolute atomic E-state index is 13.3. The molecular formula is C22H28F3N5O2S. The largest absolute Gasteiger partial charge is 0.416 e. The molecule has 1 aromatic heterocycles. The third-order valence-corrected chi connectivity index (χ3v) is 5.49. The van der Waals surface area contributed by atoms with Crippen molar-refractivity contribution in [2.75, 3.05) is 0 Å². The number of halogens is 3. The number of hydroxylamine groups is 1. The fraction of sp³-hybridized carbons (Fsp3) is 0.545. The molecule has 1 N–H and O–H groups in total. The van der Waals surface area contributed by atoms with Gasteiger partial charge in [0.2, 0.25) is 4.80 Å². The molecule has 0 bridgehead atoms. The van der Waals surface area contributed by atoms with Crippen LogP contribution < -0.4 is 15.1 Å². The van der Waals surface area contributed by atoms with Crippen molar-refractivity contribution < 1.29 is 22.8 Å². The van der Waals surface area contributed by atoms with Gasteiger partial charge in [0.15, 0.2) is 5.75 Å². The van der Waals surface area contributed by atoms with Crippen LogP contribution in [0.4, 0.5) is 13.2 Å². The second kappa shape index (κ2) is 10.1. The number of carbonyl (C=O) groups is 1.